The fraction of sp³-hybridized carbons (Fsp3) is 0.917. The van der Waals surface area contributed by atoms with Gasteiger partial charge in [0.2, 0.25) is 0 Å². The number of aliphatic hydroxyl groups is 1. The van der Waals surface area contributed by atoms with E-state index >= 15 is 0 Å². The number of hydrogen-bond donors (Lipinski definition) is 1. The Hall–Kier alpha value is -0.610. The van der Waals surface area contributed by atoms with Gasteiger partial charge < -0.3 is 38.3 Å². The number of rotatable bonds is 4. The minimum atomic E-state index is -1.12. The molecule has 3 heterocycles. The van der Waals surface area contributed by atoms with Gasteiger partial charge in [-0.15, -0.1) is 0 Å². The molecule has 0 radical (unpaired) electrons. The van der Waals surface area contributed by atoms with Gasteiger partial charge in [0.1, 0.15) is 30.7 Å². The van der Waals surface area contributed by atoms with Gasteiger partial charge in [0, 0.05) is 7.11 Å². The van der Waals surface area contributed by atoms with Crippen molar-refractivity contribution in [1.29, 1.82) is 0 Å². The summed E-state index contributed by atoms with van der Waals surface area (Å²) in [6, 6.07) is 0. The number of hydrogen-bond acceptors (Lipinski definition) is 8. The van der Waals surface area contributed by atoms with Crippen LogP contribution < -0.4 is 0 Å². The van der Waals surface area contributed by atoms with Gasteiger partial charge in [-0.25, -0.2) is 0 Å². The number of ether oxygens (including phenoxy) is 6. The second-order valence-corrected chi connectivity index (χ2v) is 4.92. The molecule has 3 aliphatic rings. The second-order valence-electron chi connectivity index (χ2n) is 4.92. The van der Waals surface area contributed by atoms with Crippen LogP contribution in [0.25, 0.3) is 0 Å². The number of aldehydes is 1. The lowest BCUT2D eigenvalue weighted by molar-refractivity contribution is -0.341. The highest BCUT2D eigenvalue weighted by Gasteiger charge is 2.55. The van der Waals surface area contributed by atoms with Crippen molar-refractivity contribution < 1.29 is 38.3 Å². The highest BCUT2D eigenvalue weighted by Crippen LogP contribution is 2.36. The van der Waals surface area contributed by atoms with Crippen molar-refractivity contribution in [3.63, 3.8) is 0 Å². The van der Waals surface area contributed by atoms with E-state index in [0.717, 1.165) is 0 Å². The molecule has 1 N–H and O–H groups in total. The van der Waals surface area contributed by atoms with E-state index in [1.807, 2.05) is 0 Å². The summed E-state index contributed by atoms with van der Waals surface area (Å²) in [7, 11) is 1.55. The van der Waals surface area contributed by atoms with Crippen LogP contribution >= 0.6 is 0 Å². The van der Waals surface area contributed by atoms with Crippen LogP contribution in [-0.4, -0.2) is 75.0 Å². The average molecular weight is 290 g/mol. The standard InChI is InChI=1S/C12H18O8/c1-15-5-8-16-4-6-9(20-8)10-11(12(14)17-6)19-7(18-10)2-3-13/h3,6-12,14H,2,4-5H2,1H3. The molecule has 20 heavy (non-hydrogen) atoms. The Morgan fingerprint density at radius 2 is 1.90 bits per heavy atom. The maximum absolute atomic E-state index is 10.5. The second kappa shape index (κ2) is 6.02. The normalized spacial score (nSPS) is 47.6. The van der Waals surface area contributed by atoms with Gasteiger partial charge in [-0.05, 0) is 0 Å². The van der Waals surface area contributed by atoms with E-state index in [9.17, 15) is 9.90 Å². The van der Waals surface area contributed by atoms with Gasteiger partial charge in [-0.1, -0.05) is 0 Å². The Labute approximate surface area is 115 Å². The smallest absolute Gasteiger partial charge is 0.184 e. The number of carbonyl (C=O) groups is 1. The topological polar surface area (TPSA) is 92.7 Å². The molecule has 114 valence electrons. The van der Waals surface area contributed by atoms with Gasteiger partial charge in [0.25, 0.3) is 0 Å². The van der Waals surface area contributed by atoms with Crippen molar-refractivity contribution in [3.05, 3.63) is 0 Å². The lowest BCUT2D eigenvalue weighted by Gasteiger charge is -2.44. The SMILES string of the molecule is COCC1OCC2OC(O)C3OC(CC=O)OC3C2O1. The van der Waals surface area contributed by atoms with E-state index in [0.29, 0.717) is 12.9 Å². The molecule has 7 atom stereocenters. The Morgan fingerprint density at radius 3 is 2.65 bits per heavy atom. The number of fused-ring (bicyclic) bond motifs is 3. The Balaban J connectivity index is 1.70. The third-order valence-electron chi connectivity index (χ3n) is 3.57. The summed E-state index contributed by atoms with van der Waals surface area (Å²) >= 11 is 0. The summed E-state index contributed by atoms with van der Waals surface area (Å²) in [5.74, 6) is 0. The molecule has 0 aromatic heterocycles. The molecule has 0 saturated carbocycles. The zero-order chi connectivity index (χ0) is 14.1. The largest absolute Gasteiger partial charge is 0.379 e. The van der Waals surface area contributed by atoms with Crippen molar-refractivity contribution in [2.24, 2.45) is 0 Å². The van der Waals surface area contributed by atoms with Crippen LogP contribution in [-0.2, 0) is 33.2 Å². The molecule has 0 aliphatic carbocycles. The number of methoxy groups -OCH3 is 1. The first-order valence-corrected chi connectivity index (χ1v) is 6.57. The third-order valence-corrected chi connectivity index (χ3v) is 3.57. The maximum atomic E-state index is 10.5. The summed E-state index contributed by atoms with van der Waals surface area (Å²) < 4.78 is 32.7. The van der Waals surface area contributed by atoms with E-state index in [-0.39, 0.29) is 13.0 Å². The highest BCUT2D eigenvalue weighted by atomic mass is 16.8. The van der Waals surface area contributed by atoms with Crippen molar-refractivity contribution in [1.82, 2.24) is 0 Å². The van der Waals surface area contributed by atoms with Crippen LogP contribution in [0.4, 0.5) is 0 Å². The van der Waals surface area contributed by atoms with Gasteiger partial charge >= 0.3 is 0 Å². The van der Waals surface area contributed by atoms with Crippen molar-refractivity contribution in [2.45, 2.75) is 49.7 Å². The lowest BCUT2D eigenvalue weighted by Crippen LogP contribution is -2.62. The zero-order valence-corrected chi connectivity index (χ0v) is 11.0. The summed E-state index contributed by atoms with van der Waals surface area (Å²) in [6.45, 7) is 0.572. The Kier molecular flexibility index (Phi) is 4.32. The van der Waals surface area contributed by atoms with E-state index in [1.54, 1.807) is 7.11 Å². The zero-order valence-electron chi connectivity index (χ0n) is 11.0. The summed E-state index contributed by atoms with van der Waals surface area (Å²) in [4.78, 5) is 10.5. The van der Waals surface area contributed by atoms with E-state index < -0.39 is 43.3 Å². The highest BCUT2D eigenvalue weighted by molar-refractivity contribution is 5.49. The minimum Gasteiger partial charge on any atom is -0.379 e. The Bertz CT molecular complexity index is 350. The summed E-state index contributed by atoms with van der Waals surface area (Å²) in [6.07, 6.45) is -3.49. The summed E-state index contributed by atoms with van der Waals surface area (Å²) in [5, 5.41) is 9.92. The van der Waals surface area contributed by atoms with Crippen molar-refractivity contribution in [2.75, 3.05) is 20.3 Å². The van der Waals surface area contributed by atoms with Crippen molar-refractivity contribution >= 4 is 6.29 Å². The van der Waals surface area contributed by atoms with Crippen LogP contribution in [0.3, 0.4) is 0 Å². The monoisotopic (exact) mass is 290 g/mol. The molecule has 3 rings (SSSR count). The van der Waals surface area contributed by atoms with Crippen LogP contribution in [0.5, 0.6) is 0 Å². The molecular weight excluding hydrogens is 272 g/mol. The van der Waals surface area contributed by atoms with Crippen molar-refractivity contribution in [3.8, 4) is 0 Å². The predicted octanol–water partition coefficient (Wildman–Crippen LogP) is -1.21. The predicted molar refractivity (Wildman–Crippen MR) is 61.6 cm³/mol. The summed E-state index contributed by atoms with van der Waals surface area (Å²) in [5.41, 5.74) is 0. The molecule has 0 bridgehead atoms. The fourth-order valence-electron chi connectivity index (χ4n) is 2.71. The molecule has 7 unspecified atom stereocenters. The average Bonchev–Trinajstić information content (AvgIpc) is 2.85. The molecule has 8 nitrogen and oxygen atoms in total. The quantitative estimate of drug-likeness (QED) is 0.645. The maximum Gasteiger partial charge on any atom is 0.184 e. The molecule has 0 spiro atoms. The molecule has 0 aromatic rings. The minimum absolute atomic E-state index is 0.106. The molecule has 3 aliphatic heterocycles. The first-order valence-electron chi connectivity index (χ1n) is 6.57. The van der Waals surface area contributed by atoms with Gasteiger partial charge in [-0.3, -0.25) is 0 Å². The van der Waals surface area contributed by atoms with E-state index in [2.05, 4.69) is 0 Å². The molecule has 0 amide bonds. The van der Waals surface area contributed by atoms with E-state index in [1.165, 1.54) is 0 Å². The van der Waals surface area contributed by atoms with Crippen LogP contribution in [0.1, 0.15) is 6.42 Å². The van der Waals surface area contributed by atoms with Gasteiger partial charge in [0.05, 0.1) is 19.6 Å². The number of carbonyl (C=O) groups excluding carboxylic acids is 1. The lowest BCUT2D eigenvalue weighted by atomic mass is 9.98. The molecule has 3 fully saturated rings. The van der Waals surface area contributed by atoms with Gasteiger partial charge in [0.15, 0.2) is 18.9 Å². The number of aliphatic hydroxyl groups excluding tert-OH is 1. The third kappa shape index (κ3) is 2.60. The van der Waals surface area contributed by atoms with Crippen LogP contribution in [0.15, 0.2) is 0 Å². The Morgan fingerprint density at radius 1 is 1.15 bits per heavy atom. The van der Waals surface area contributed by atoms with Gasteiger partial charge in [-0.2, -0.15) is 0 Å². The molecule has 0 aromatic carbocycles. The van der Waals surface area contributed by atoms with Crippen LogP contribution in [0, 0.1) is 0 Å². The molecule has 3 saturated heterocycles. The van der Waals surface area contributed by atoms with E-state index in [4.69, 9.17) is 28.4 Å². The first-order chi connectivity index (χ1) is 9.72. The van der Waals surface area contributed by atoms with Crippen LogP contribution in [0.2, 0.25) is 0 Å². The fourth-order valence-corrected chi connectivity index (χ4v) is 2.71. The first kappa shape index (κ1) is 14.3. The molecule has 8 heteroatoms. The molecular formula is C12H18O8.